The highest BCUT2D eigenvalue weighted by Crippen LogP contribution is 2.29. The van der Waals surface area contributed by atoms with Crippen molar-refractivity contribution in [2.75, 3.05) is 6.54 Å². The topological polar surface area (TPSA) is 24.9 Å². The van der Waals surface area contributed by atoms with Gasteiger partial charge in [0.1, 0.15) is 5.01 Å². The minimum Gasteiger partial charge on any atom is -0.309 e. The lowest BCUT2D eigenvalue weighted by Gasteiger charge is -2.09. The molecule has 0 aliphatic rings. The molecule has 0 spiro atoms. The zero-order valence-corrected chi connectivity index (χ0v) is 13.9. The highest BCUT2D eigenvalue weighted by Gasteiger charge is 2.11. The fraction of sp³-hybridized carbons (Fsp3) is 0.400. The molecule has 0 amide bonds. The monoisotopic (exact) mass is 338 g/mol. The molecule has 19 heavy (non-hydrogen) atoms. The third kappa shape index (κ3) is 3.65. The zero-order valence-electron chi connectivity index (χ0n) is 11.5. The molecule has 1 aromatic carbocycles. The maximum atomic E-state index is 4.74. The Balaban J connectivity index is 2.18. The van der Waals surface area contributed by atoms with Crippen LogP contribution in [-0.2, 0) is 0 Å². The predicted molar refractivity (Wildman–Crippen MR) is 86.7 cm³/mol. The van der Waals surface area contributed by atoms with Gasteiger partial charge in [0.15, 0.2) is 0 Å². The van der Waals surface area contributed by atoms with Gasteiger partial charge in [-0.25, -0.2) is 4.98 Å². The van der Waals surface area contributed by atoms with Gasteiger partial charge in [0.2, 0.25) is 0 Å². The van der Waals surface area contributed by atoms with E-state index in [1.807, 2.05) is 0 Å². The van der Waals surface area contributed by atoms with Gasteiger partial charge in [0.25, 0.3) is 0 Å². The van der Waals surface area contributed by atoms with E-state index in [1.54, 1.807) is 11.3 Å². The Labute approximate surface area is 127 Å². The summed E-state index contributed by atoms with van der Waals surface area (Å²) in [7, 11) is 0. The Hall–Kier alpha value is -0.710. The van der Waals surface area contributed by atoms with Crippen molar-refractivity contribution in [2.45, 2.75) is 33.2 Å². The van der Waals surface area contributed by atoms with E-state index in [4.69, 9.17) is 4.98 Å². The summed E-state index contributed by atoms with van der Waals surface area (Å²) in [5.74, 6) is 0. The van der Waals surface area contributed by atoms with Crippen molar-refractivity contribution in [3.8, 4) is 10.6 Å². The summed E-state index contributed by atoms with van der Waals surface area (Å²) in [6.07, 6.45) is 1.15. The normalized spacial score (nSPS) is 12.6. The lowest BCUT2D eigenvalue weighted by atomic mass is 10.1. The van der Waals surface area contributed by atoms with Gasteiger partial charge >= 0.3 is 0 Å². The summed E-state index contributed by atoms with van der Waals surface area (Å²) in [5.41, 5.74) is 3.56. The molecule has 0 aliphatic carbocycles. The average molecular weight is 339 g/mol. The molecule has 2 rings (SSSR count). The lowest BCUT2D eigenvalue weighted by molar-refractivity contribution is 0.561. The summed E-state index contributed by atoms with van der Waals surface area (Å²) in [6, 6.07) is 6.72. The van der Waals surface area contributed by atoms with Crippen molar-refractivity contribution < 1.29 is 0 Å². The molecule has 1 atom stereocenters. The molecule has 2 aromatic rings. The first-order valence-electron chi connectivity index (χ1n) is 6.57. The number of nitrogens with one attached hydrogen (secondary N) is 1. The van der Waals surface area contributed by atoms with Crippen molar-refractivity contribution in [3.05, 3.63) is 39.3 Å². The fourth-order valence-electron chi connectivity index (χ4n) is 1.81. The Morgan fingerprint density at radius 2 is 2.21 bits per heavy atom. The molecule has 0 radical (unpaired) electrons. The van der Waals surface area contributed by atoms with Crippen LogP contribution in [0.15, 0.2) is 28.1 Å². The molecular weight excluding hydrogens is 320 g/mol. The molecule has 0 saturated carbocycles. The van der Waals surface area contributed by atoms with Crippen LogP contribution in [0.1, 0.15) is 37.6 Å². The fourth-order valence-corrected chi connectivity index (χ4v) is 3.10. The second-order valence-electron chi connectivity index (χ2n) is 4.72. The predicted octanol–water partition coefficient (Wildman–Crippen LogP) is 4.94. The minimum absolute atomic E-state index is 0.318. The molecule has 1 aromatic heterocycles. The summed E-state index contributed by atoms with van der Waals surface area (Å²) >= 11 is 5.28. The largest absolute Gasteiger partial charge is 0.309 e. The van der Waals surface area contributed by atoms with Crippen LogP contribution in [-0.4, -0.2) is 11.5 Å². The first-order chi connectivity index (χ1) is 9.11. The van der Waals surface area contributed by atoms with Gasteiger partial charge in [-0.1, -0.05) is 35.0 Å². The Morgan fingerprint density at radius 1 is 1.42 bits per heavy atom. The maximum absolute atomic E-state index is 4.74. The molecule has 0 bridgehead atoms. The first kappa shape index (κ1) is 14.7. The van der Waals surface area contributed by atoms with Crippen molar-refractivity contribution in [1.29, 1.82) is 0 Å². The summed E-state index contributed by atoms with van der Waals surface area (Å²) in [6.45, 7) is 7.47. The number of aromatic nitrogens is 1. The van der Waals surface area contributed by atoms with E-state index < -0.39 is 0 Å². The third-order valence-electron chi connectivity index (χ3n) is 3.08. The summed E-state index contributed by atoms with van der Waals surface area (Å²) in [4.78, 5) is 4.74. The zero-order chi connectivity index (χ0) is 13.8. The number of thiazole rings is 1. The van der Waals surface area contributed by atoms with Gasteiger partial charge in [0.05, 0.1) is 5.69 Å². The third-order valence-corrected chi connectivity index (χ3v) is 4.85. The first-order valence-corrected chi connectivity index (χ1v) is 8.24. The van der Waals surface area contributed by atoms with Crippen LogP contribution in [0.2, 0.25) is 0 Å². The van der Waals surface area contributed by atoms with E-state index in [-0.39, 0.29) is 0 Å². The Kier molecular flexibility index (Phi) is 5.13. The van der Waals surface area contributed by atoms with E-state index in [0.29, 0.717) is 6.04 Å². The number of nitrogens with zero attached hydrogens (tertiary/aromatic N) is 1. The second-order valence-corrected chi connectivity index (χ2v) is 6.43. The smallest absolute Gasteiger partial charge is 0.123 e. The molecule has 0 aliphatic heterocycles. The van der Waals surface area contributed by atoms with Crippen LogP contribution in [0.4, 0.5) is 0 Å². The maximum Gasteiger partial charge on any atom is 0.123 e. The van der Waals surface area contributed by atoms with Crippen LogP contribution < -0.4 is 5.32 Å². The lowest BCUT2D eigenvalue weighted by Crippen LogP contribution is -2.19. The van der Waals surface area contributed by atoms with Gasteiger partial charge < -0.3 is 5.32 Å². The number of aryl methyl sites for hydroxylation is 1. The van der Waals surface area contributed by atoms with Crippen molar-refractivity contribution in [2.24, 2.45) is 0 Å². The van der Waals surface area contributed by atoms with Crippen molar-refractivity contribution in [1.82, 2.24) is 10.3 Å². The van der Waals surface area contributed by atoms with Gasteiger partial charge in [-0.05, 0) is 38.4 Å². The van der Waals surface area contributed by atoms with Crippen LogP contribution in [0.3, 0.4) is 0 Å². The molecule has 2 nitrogen and oxygen atoms in total. The van der Waals surface area contributed by atoms with E-state index >= 15 is 0 Å². The van der Waals surface area contributed by atoms with E-state index in [0.717, 1.165) is 28.1 Å². The quantitative estimate of drug-likeness (QED) is 0.834. The molecule has 102 valence electrons. The molecule has 0 fully saturated rings. The summed E-state index contributed by atoms with van der Waals surface area (Å²) < 4.78 is 1.14. The van der Waals surface area contributed by atoms with Gasteiger partial charge in [0, 0.05) is 21.5 Å². The van der Waals surface area contributed by atoms with E-state index in [2.05, 4.69) is 65.6 Å². The molecule has 1 heterocycles. The molecule has 1 N–H and O–H groups in total. The number of hydrogen-bond donors (Lipinski definition) is 1. The van der Waals surface area contributed by atoms with Crippen LogP contribution >= 0.6 is 27.3 Å². The average Bonchev–Trinajstić information content (AvgIpc) is 2.89. The number of benzene rings is 1. The van der Waals surface area contributed by atoms with Gasteiger partial charge in [-0.2, -0.15) is 0 Å². The van der Waals surface area contributed by atoms with Crippen LogP contribution in [0, 0.1) is 6.92 Å². The molecule has 1 unspecified atom stereocenters. The highest BCUT2D eigenvalue weighted by molar-refractivity contribution is 9.10. The standard InChI is InChI=1S/C15H19BrN2S/c1-4-7-17-11(3)14-9-19-15(18-14)12-6-5-10(2)13(16)8-12/h5-6,8-9,11,17H,4,7H2,1-3H3. The molecular formula is C15H19BrN2S. The number of halogens is 1. The molecule has 0 saturated heterocycles. The molecule has 4 heteroatoms. The van der Waals surface area contributed by atoms with Crippen molar-refractivity contribution in [3.63, 3.8) is 0 Å². The second kappa shape index (κ2) is 6.64. The van der Waals surface area contributed by atoms with Crippen LogP contribution in [0.25, 0.3) is 10.6 Å². The van der Waals surface area contributed by atoms with E-state index in [1.165, 1.54) is 11.1 Å². The van der Waals surface area contributed by atoms with Crippen molar-refractivity contribution >= 4 is 27.3 Å². The Bertz CT molecular complexity index is 551. The van der Waals surface area contributed by atoms with Gasteiger partial charge in [-0.15, -0.1) is 11.3 Å². The minimum atomic E-state index is 0.318. The number of rotatable bonds is 5. The van der Waals surface area contributed by atoms with Crippen LogP contribution in [0.5, 0.6) is 0 Å². The number of hydrogen-bond acceptors (Lipinski definition) is 3. The van der Waals surface area contributed by atoms with Gasteiger partial charge in [-0.3, -0.25) is 0 Å². The highest BCUT2D eigenvalue weighted by atomic mass is 79.9. The summed E-state index contributed by atoms with van der Waals surface area (Å²) in [5, 5.41) is 6.70. The SMILES string of the molecule is CCCNC(C)c1csc(-c2ccc(C)c(Br)c2)n1. The van der Waals surface area contributed by atoms with E-state index in [9.17, 15) is 0 Å². The Morgan fingerprint density at radius 3 is 2.89 bits per heavy atom.